The van der Waals surface area contributed by atoms with E-state index in [0.717, 1.165) is 37.6 Å². The van der Waals surface area contributed by atoms with Crippen LogP contribution >= 0.6 is 15.9 Å². The third-order valence-electron chi connectivity index (χ3n) is 4.04. The van der Waals surface area contributed by atoms with Crippen LogP contribution in [0.25, 0.3) is 0 Å². The van der Waals surface area contributed by atoms with E-state index in [2.05, 4.69) is 21.2 Å². The summed E-state index contributed by atoms with van der Waals surface area (Å²) in [5.41, 5.74) is 0.0696. The van der Waals surface area contributed by atoms with Gasteiger partial charge in [0.2, 0.25) is 5.91 Å². The summed E-state index contributed by atoms with van der Waals surface area (Å²) in [5, 5.41) is 4.09. The molecule has 2 fully saturated rings. The SMILES string of the molecule is CCOC1CC(CC(=O)NC2(CBr)CCC2)C1. The molecule has 17 heavy (non-hydrogen) atoms. The average Bonchev–Trinajstić information content (AvgIpc) is 2.20. The largest absolute Gasteiger partial charge is 0.378 e. The molecule has 3 nitrogen and oxygen atoms in total. The van der Waals surface area contributed by atoms with Gasteiger partial charge in [0.1, 0.15) is 0 Å². The highest BCUT2D eigenvalue weighted by Crippen LogP contribution is 2.35. The third-order valence-corrected chi connectivity index (χ3v) is 5.11. The van der Waals surface area contributed by atoms with E-state index < -0.39 is 0 Å². The standard InChI is InChI=1S/C13H22BrNO2/c1-2-17-11-6-10(7-11)8-12(16)15-13(9-14)4-3-5-13/h10-11H,2-9H2,1H3,(H,15,16). The van der Waals surface area contributed by atoms with Crippen molar-refractivity contribution in [3.05, 3.63) is 0 Å². The first-order valence-electron chi connectivity index (χ1n) is 6.66. The number of rotatable bonds is 6. The van der Waals surface area contributed by atoms with Gasteiger partial charge in [0.15, 0.2) is 0 Å². The van der Waals surface area contributed by atoms with Crippen molar-refractivity contribution in [3.63, 3.8) is 0 Å². The normalized spacial score (nSPS) is 30.2. The Balaban J connectivity index is 1.65. The molecular weight excluding hydrogens is 282 g/mol. The minimum atomic E-state index is 0.0696. The van der Waals surface area contributed by atoms with E-state index in [1.165, 1.54) is 6.42 Å². The minimum Gasteiger partial charge on any atom is -0.378 e. The van der Waals surface area contributed by atoms with Crippen molar-refractivity contribution in [2.45, 2.75) is 57.1 Å². The van der Waals surface area contributed by atoms with Crippen LogP contribution in [0, 0.1) is 5.92 Å². The minimum absolute atomic E-state index is 0.0696. The summed E-state index contributed by atoms with van der Waals surface area (Å²) >= 11 is 3.50. The van der Waals surface area contributed by atoms with Crippen LogP contribution < -0.4 is 5.32 Å². The lowest BCUT2D eigenvalue weighted by molar-refractivity contribution is -0.126. The summed E-state index contributed by atoms with van der Waals surface area (Å²) in [6.45, 7) is 2.81. The first kappa shape index (κ1) is 13.3. The smallest absolute Gasteiger partial charge is 0.220 e. The Morgan fingerprint density at radius 1 is 1.47 bits per heavy atom. The summed E-state index contributed by atoms with van der Waals surface area (Å²) in [4.78, 5) is 11.9. The van der Waals surface area contributed by atoms with Crippen molar-refractivity contribution >= 4 is 21.8 Å². The number of alkyl halides is 1. The Hall–Kier alpha value is -0.0900. The summed E-state index contributed by atoms with van der Waals surface area (Å²) in [6, 6.07) is 0. The van der Waals surface area contributed by atoms with E-state index in [9.17, 15) is 4.79 Å². The van der Waals surface area contributed by atoms with Crippen molar-refractivity contribution in [1.82, 2.24) is 5.32 Å². The van der Waals surface area contributed by atoms with E-state index >= 15 is 0 Å². The number of ether oxygens (including phenoxy) is 1. The van der Waals surface area contributed by atoms with E-state index in [0.29, 0.717) is 18.4 Å². The second-order valence-corrected chi connectivity index (χ2v) is 6.00. The number of hydrogen-bond acceptors (Lipinski definition) is 2. The molecule has 2 aliphatic carbocycles. The van der Waals surface area contributed by atoms with E-state index in [1.807, 2.05) is 6.92 Å². The zero-order chi connectivity index (χ0) is 12.3. The van der Waals surface area contributed by atoms with E-state index in [4.69, 9.17) is 4.74 Å². The molecule has 0 bridgehead atoms. The van der Waals surface area contributed by atoms with Gasteiger partial charge in [-0.2, -0.15) is 0 Å². The summed E-state index contributed by atoms with van der Waals surface area (Å²) < 4.78 is 5.50. The van der Waals surface area contributed by atoms with Gasteiger partial charge in [0.05, 0.1) is 6.10 Å². The van der Waals surface area contributed by atoms with Crippen LogP contribution in [0.2, 0.25) is 0 Å². The zero-order valence-corrected chi connectivity index (χ0v) is 12.1. The molecule has 0 heterocycles. The van der Waals surface area contributed by atoms with Crippen molar-refractivity contribution in [2.24, 2.45) is 5.92 Å². The van der Waals surface area contributed by atoms with Gasteiger partial charge in [-0.3, -0.25) is 4.79 Å². The van der Waals surface area contributed by atoms with Crippen molar-refractivity contribution in [1.29, 1.82) is 0 Å². The molecule has 0 aromatic carbocycles. The predicted octanol–water partition coefficient (Wildman–Crippen LogP) is 2.63. The van der Waals surface area contributed by atoms with Gasteiger partial charge in [0, 0.05) is 23.9 Å². The number of hydrogen-bond donors (Lipinski definition) is 1. The van der Waals surface area contributed by atoms with Gasteiger partial charge in [0.25, 0.3) is 0 Å². The number of halogens is 1. The first-order valence-corrected chi connectivity index (χ1v) is 7.78. The summed E-state index contributed by atoms with van der Waals surface area (Å²) in [7, 11) is 0. The molecule has 0 spiro atoms. The van der Waals surface area contributed by atoms with Crippen LogP contribution in [-0.2, 0) is 9.53 Å². The molecule has 2 aliphatic rings. The maximum Gasteiger partial charge on any atom is 0.220 e. The van der Waals surface area contributed by atoms with Crippen molar-refractivity contribution in [3.8, 4) is 0 Å². The maximum absolute atomic E-state index is 11.9. The lowest BCUT2D eigenvalue weighted by Crippen LogP contribution is -2.55. The molecule has 0 atom stereocenters. The number of nitrogens with one attached hydrogen (secondary N) is 1. The number of carbonyl (C=O) groups excluding carboxylic acids is 1. The topological polar surface area (TPSA) is 38.3 Å². The molecule has 0 unspecified atom stereocenters. The predicted molar refractivity (Wildman–Crippen MR) is 71.3 cm³/mol. The van der Waals surface area contributed by atoms with Crippen LogP contribution in [0.1, 0.15) is 45.4 Å². The Labute approximate surface area is 112 Å². The molecule has 1 amide bonds. The number of carbonyl (C=O) groups is 1. The fourth-order valence-electron chi connectivity index (χ4n) is 2.72. The molecule has 0 saturated heterocycles. The van der Waals surface area contributed by atoms with Crippen LogP contribution in [0.3, 0.4) is 0 Å². The molecule has 0 aromatic heterocycles. The molecule has 2 saturated carbocycles. The maximum atomic E-state index is 11.9. The second kappa shape index (κ2) is 5.70. The lowest BCUT2D eigenvalue weighted by Gasteiger charge is -2.42. The Bertz CT molecular complexity index is 267. The molecule has 0 aromatic rings. The Morgan fingerprint density at radius 2 is 2.18 bits per heavy atom. The van der Waals surface area contributed by atoms with Crippen LogP contribution in [0.4, 0.5) is 0 Å². The van der Waals surface area contributed by atoms with Gasteiger partial charge in [-0.15, -0.1) is 0 Å². The Kier molecular flexibility index (Phi) is 4.47. The van der Waals surface area contributed by atoms with Gasteiger partial charge < -0.3 is 10.1 Å². The van der Waals surface area contributed by atoms with E-state index in [-0.39, 0.29) is 11.4 Å². The third kappa shape index (κ3) is 3.22. The molecule has 0 radical (unpaired) electrons. The van der Waals surface area contributed by atoms with Crippen LogP contribution in [0.15, 0.2) is 0 Å². The van der Waals surface area contributed by atoms with Crippen molar-refractivity contribution in [2.75, 3.05) is 11.9 Å². The molecule has 1 N–H and O–H groups in total. The van der Waals surface area contributed by atoms with Gasteiger partial charge in [-0.1, -0.05) is 15.9 Å². The summed E-state index contributed by atoms with van der Waals surface area (Å²) in [5.74, 6) is 0.767. The molecular formula is C13H22BrNO2. The highest BCUT2D eigenvalue weighted by atomic mass is 79.9. The monoisotopic (exact) mass is 303 g/mol. The molecule has 0 aliphatic heterocycles. The molecule has 2 rings (SSSR count). The fourth-order valence-corrected chi connectivity index (χ4v) is 3.42. The Morgan fingerprint density at radius 3 is 2.65 bits per heavy atom. The first-order chi connectivity index (χ1) is 8.17. The summed E-state index contributed by atoms with van der Waals surface area (Å²) in [6.07, 6.45) is 6.68. The van der Waals surface area contributed by atoms with Crippen molar-refractivity contribution < 1.29 is 9.53 Å². The molecule has 4 heteroatoms. The van der Waals surface area contributed by atoms with Gasteiger partial charge >= 0.3 is 0 Å². The molecule has 98 valence electrons. The van der Waals surface area contributed by atoms with E-state index in [1.54, 1.807) is 0 Å². The van der Waals surface area contributed by atoms with Gasteiger partial charge in [-0.05, 0) is 44.9 Å². The highest BCUT2D eigenvalue weighted by molar-refractivity contribution is 9.09. The lowest BCUT2D eigenvalue weighted by atomic mass is 9.77. The number of amides is 1. The van der Waals surface area contributed by atoms with Gasteiger partial charge in [-0.25, -0.2) is 0 Å². The quantitative estimate of drug-likeness (QED) is 0.766. The van der Waals surface area contributed by atoms with Crippen LogP contribution in [-0.4, -0.2) is 29.5 Å². The average molecular weight is 304 g/mol. The zero-order valence-electron chi connectivity index (χ0n) is 10.5. The van der Waals surface area contributed by atoms with Crippen LogP contribution in [0.5, 0.6) is 0 Å². The highest BCUT2D eigenvalue weighted by Gasteiger charge is 2.38. The fraction of sp³-hybridized carbons (Fsp3) is 0.923. The second-order valence-electron chi connectivity index (χ2n) is 5.43.